The highest BCUT2D eigenvalue weighted by molar-refractivity contribution is 5.85. The Morgan fingerprint density at radius 3 is 2.39 bits per heavy atom. The summed E-state index contributed by atoms with van der Waals surface area (Å²) in [5.74, 6) is 0.0507. The molecule has 102 valence electrons. The van der Waals surface area contributed by atoms with Gasteiger partial charge in [-0.3, -0.25) is 4.79 Å². The van der Waals surface area contributed by atoms with Crippen molar-refractivity contribution in [1.82, 2.24) is 10.6 Å². The Morgan fingerprint density at radius 2 is 1.83 bits per heavy atom. The van der Waals surface area contributed by atoms with Crippen LogP contribution in [0.5, 0.6) is 0 Å². The van der Waals surface area contributed by atoms with Crippen molar-refractivity contribution < 1.29 is 4.79 Å². The van der Waals surface area contributed by atoms with E-state index in [2.05, 4.69) is 17.6 Å². The fourth-order valence-corrected chi connectivity index (χ4v) is 1.62. The molecule has 1 rings (SSSR count). The van der Waals surface area contributed by atoms with Gasteiger partial charge in [0.15, 0.2) is 0 Å². The van der Waals surface area contributed by atoms with E-state index in [0.29, 0.717) is 0 Å². The van der Waals surface area contributed by atoms with E-state index >= 15 is 0 Å². The van der Waals surface area contributed by atoms with Crippen LogP contribution in [0, 0.1) is 0 Å². The highest BCUT2D eigenvalue weighted by Crippen LogP contribution is 2.10. The Kier molecular flexibility index (Phi) is 8.42. The van der Waals surface area contributed by atoms with Gasteiger partial charge in [0.1, 0.15) is 0 Å². The number of nitrogens with one attached hydrogen (secondary N) is 2. The summed E-state index contributed by atoms with van der Waals surface area (Å²) in [4.78, 5) is 11.9. The standard InChI is InChI=1S/C14H22N2O.ClH/c1-4-10-15-12(3)14(17)16-11(2)13-8-6-5-7-9-13;/h5-9,11-12,15H,4,10H2,1-3H3,(H,16,17);1H. The van der Waals surface area contributed by atoms with Crippen molar-refractivity contribution in [3.05, 3.63) is 35.9 Å². The minimum atomic E-state index is -0.138. The number of carbonyl (C=O) groups is 1. The van der Waals surface area contributed by atoms with Crippen LogP contribution in [0.4, 0.5) is 0 Å². The molecule has 0 heterocycles. The van der Waals surface area contributed by atoms with Gasteiger partial charge in [-0.05, 0) is 32.4 Å². The van der Waals surface area contributed by atoms with Gasteiger partial charge in [0.25, 0.3) is 0 Å². The van der Waals surface area contributed by atoms with E-state index in [1.54, 1.807) is 0 Å². The molecule has 0 aliphatic rings. The van der Waals surface area contributed by atoms with E-state index in [9.17, 15) is 4.79 Å². The predicted molar refractivity (Wildman–Crippen MR) is 78.0 cm³/mol. The molecule has 0 aromatic heterocycles. The van der Waals surface area contributed by atoms with Gasteiger partial charge in [-0.2, -0.15) is 0 Å². The minimum absolute atomic E-state index is 0. The number of hydrogen-bond donors (Lipinski definition) is 2. The monoisotopic (exact) mass is 270 g/mol. The van der Waals surface area contributed by atoms with E-state index in [1.165, 1.54) is 0 Å². The van der Waals surface area contributed by atoms with Gasteiger partial charge in [-0.15, -0.1) is 12.4 Å². The van der Waals surface area contributed by atoms with Crippen LogP contribution in [0.2, 0.25) is 0 Å². The van der Waals surface area contributed by atoms with Crippen LogP contribution in [-0.4, -0.2) is 18.5 Å². The van der Waals surface area contributed by atoms with Crippen molar-refractivity contribution in [2.75, 3.05) is 6.54 Å². The summed E-state index contributed by atoms with van der Waals surface area (Å²) in [6.07, 6.45) is 1.03. The van der Waals surface area contributed by atoms with E-state index < -0.39 is 0 Å². The van der Waals surface area contributed by atoms with Crippen LogP contribution in [0.3, 0.4) is 0 Å². The van der Waals surface area contributed by atoms with Crippen LogP contribution in [0.1, 0.15) is 38.8 Å². The van der Waals surface area contributed by atoms with Crippen LogP contribution in [-0.2, 0) is 4.79 Å². The summed E-state index contributed by atoms with van der Waals surface area (Å²) in [5, 5.41) is 6.18. The first-order valence-corrected chi connectivity index (χ1v) is 6.23. The van der Waals surface area contributed by atoms with Gasteiger partial charge in [-0.1, -0.05) is 37.3 Å². The molecule has 4 heteroatoms. The highest BCUT2D eigenvalue weighted by atomic mass is 35.5. The lowest BCUT2D eigenvalue weighted by molar-refractivity contribution is -0.123. The summed E-state index contributed by atoms with van der Waals surface area (Å²) in [6, 6.07) is 9.90. The number of amides is 1. The maximum Gasteiger partial charge on any atom is 0.237 e. The number of halogens is 1. The van der Waals surface area contributed by atoms with Crippen LogP contribution >= 0.6 is 12.4 Å². The quantitative estimate of drug-likeness (QED) is 0.834. The lowest BCUT2D eigenvalue weighted by Gasteiger charge is -2.18. The van der Waals surface area contributed by atoms with Crippen LogP contribution in [0.25, 0.3) is 0 Å². The molecule has 0 bridgehead atoms. The Bertz CT molecular complexity index is 343. The van der Waals surface area contributed by atoms with Gasteiger partial charge >= 0.3 is 0 Å². The Hall–Kier alpha value is -1.06. The molecule has 2 unspecified atom stereocenters. The zero-order valence-electron chi connectivity index (χ0n) is 11.3. The highest BCUT2D eigenvalue weighted by Gasteiger charge is 2.14. The van der Waals surface area contributed by atoms with Gasteiger partial charge in [0.05, 0.1) is 12.1 Å². The molecule has 0 aliphatic heterocycles. The summed E-state index contributed by atoms with van der Waals surface area (Å²) in [6.45, 7) is 6.85. The average molecular weight is 271 g/mol. The SMILES string of the molecule is CCCNC(C)C(=O)NC(C)c1ccccc1.Cl. The molecule has 2 atom stereocenters. The molecule has 2 N–H and O–H groups in total. The molecule has 0 fully saturated rings. The molecule has 0 radical (unpaired) electrons. The molecule has 1 amide bonds. The second kappa shape index (κ2) is 8.95. The normalized spacial score (nSPS) is 13.3. The number of rotatable bonds is 6. The molecule has 1 aromatic rings. The van der Waals surface area contributed by atoms with Crippen molar-refractivity contribution in [3.8, 4) is 0 Å². The third kappa shape index (κ3) is 5.52. The van der Waals surface area contributed by atoms with Gasteiger partial charge in [0.2, 0.25) is 5.91 Å². The van der Waals surface area contributed by atoms with Crippen LogP contribution < -0.4 is 10.6 Å². The number of carbonyl (C=O) groups excluding carboxylic acids is 1. The fourth-order valence-electron chi connectivity index (χ4n) is 1.62. The van der Waals surface area contributed by atoms with Crippen molar-refractivity contribution >= 4 is 18.3 Å². The second-order valence-electron chi connectivity index (χ2n) is 4.32. The lowest BCUT2D eigenvalue weighted by Crippen LogP contribution is -2.43. The minimum Gasteiger partial charge on any atom is -0.348 e. The van der Waals surface area contributed by atoms with E-state index in [1.807, 2.05) is 44.2 Å². The third-order valence-corrected chi connectivity index (χ3v) is 2.75. The summed E-state index contributed by atoms with van der Waals surface area (Å²) in [7, 11) is 0. The van der Waals surface area contributed by atoms with E-state index in [-0.39, 0.29) is 30.4 Å². The van der Waals surface area contributed by atoms with Crippen molar-refractivity contribution in [2.24, 2.45) is 0 Å². The van der Waals surface area contributed by atoms with Crippen LogP contribution in [0.15, 0.2) is 30.3 Å². The predicted octanol–water partition coefficient (Wildman–Crippen LogP) is 2.67. The van der Waals surface area contributed by atoms with Gasteiger partial charge < -0.3 is 10.6 Å². The van der Waals surface area contributed by atoms with Crippen molar-refractivity contribution in [2.45, 2.75) is 39.3 Å². The molecule has 0 saturated carbocycles. The first-order chi connectivity index (χ1) is 8.15. The fraction of sp³-hybridized carbons (Fsp3) is 0.500. The molecule has 0 aliphatic carbocycles. The summed E-state index contributed by atoms with van der Waals surface area (Å²) < 4.78 is 0. The van der Waals surface area contributed by atoms with E-state index in [4.69, 9.17) is 0 Å². The maximum absolute atomic E-state index is 11.9. The lowest BCUT2D eigenvalue weighted by atomic mass is 10.1. The Balaban J connectivity index is 0.00000289. The molecule has 18 heavy (non-hydrogen) atoms. The zero-order valence-corrected chi connectivity index (χ0v) is 12.1. The first-order valence-electron chi connectivity index (χ1n) is 6.23. The van der Waals surface area contributed by atoms with Gasteiger partial charge in [0, 0.05) is 0 Å². The molecule has 0 saturated heterocycles. The zero-order chi connectivity index (χ0) is 12.7. The molecule has 3 nitrogen and oxygen atoms in total. The third-order valence-electron chi connectivity index (χ3n) is 2.75. The molecular formula is C14H23ClN2O. The average Bonchev–Trinajstić information content (AvgIpc) is 2.36. The molecular weight excluding hydrogens is 248 g/mol. The van der Waals surface area contributed by atoms with Crippen molar-refractivity contribution in [3.63, 3.8) is 0 Å². The Morgan fingerprint density at radius 1 is 1.22 bits per heavy atom. The second-order valence-corrected chi connectivity index (χ2v) is 4.32. The van der Waals surface area contributed by atoms with E-state index in [0.717, 1.165) is 18.5 Å². The number of hydrogen-bond acceptors (Lipinski definition) is 2. The molecule has 0 spiro atoms. The van der Waals surface area contributed by atoms with Crippen molar-refractivity contribution in [1.29, 1.82) is 0 Å². The first kappa shape index (κ1) is 16.9. The number of benzene rings is 1. The smallest absolute Gasteiger partial charge is 0.237 e. The maximum atomic E-state index is 11.9. The largest absolute Gasteiger partial charge is 0.348 e. The molecule has 1 aromatic carbocycles. The Labute approximate surface area is 116 Å². The summed E-state index contributed by atoms with van der Waals surface area (Å²) >= 11 is 0. The topological polar surface area (TPSA) is 41.1 Å². The summed E-state index contributed by atoms with van der Waals surface area (Å²) in [5.41, 5.74) is 1.13. The van der Waals surface area contributed by atoms with Gasteiger partial charge in [-0.25, -0.2) is 0 Å².